The number of nitrogens with one attached hydrogen (secondary N) is 1. The predicted molar refractivity (Wildman–Crippen MR) is 67.0 cm³/mol. The molecule has 1 amide bonds. The van der Waals surface area contributed by atoms with Crippen molar-refractivity contribution in [1.29, 1.82) is 0 Å². The third-order valence-electron chi connectivity index (χ3n) is 3.35. The molecule has 1 aromatic rings. The Balaban J connectivity index is 2.08. The SMILES string of the molecule is COc1ccc(CC2CCCCNC2=O)cc1F. The molecule has 1 aliphatic heterocycles. The third-order valence-corrected chi connectivity index (χ3v) is 3.35. The van der Waals surface area contributed by atoms with E-state index in [2.05, 4.69) is 5.32 Å². The van der Waals surface area contributed by atoms with Crippen molar-refractivity contribution in [3.8, 4) is 5.75 Å². The van der Waals surface area contributed by atoms with Gasteiger partial charge in [-0.15, -0.1) is 0 Å². The van der Waals surface area contributed by atoms with Gasteiger partial charge in [-0.1, -0.05) is 12.5 Å². The van der Waals surface area contributed by atoms with Crippen LogP contribution in [0.3, 0.4) is 0 Å². The summed E-state index contributed by atoms with van der Waals surface area (Å²) in [7, 11) is 1.44. The first-order valence-corrected chi connectivity index (χ1v) is 6.31. The van der Waals surface area contributed by atoms with Gasteiger partial charge in [-0.25, -0.2) is 4.39 Å². The number of hydrogen-bond acceptors (Lipinski definition) is 2. The molecule has 1 aliphatic rings. The highest BCUT2D eigenvalue weighted by atomic mass is 19.1. The summed E-state index contributed by atoms with van der Waals surface area (Å²) in [5, 5.41) is 2.89. The predicted octanol–water partition coefficient (Wildman–Crippen LogP) is 2.29. The molecule has 0 aromatic heterocycles. The fraction of sp³-hybridized carbons (Fsp3) is 0.500. The first kappa shape index (κ1) is 12.9. The summed E-state index contributed by atoms with van der Waals surface area (Å²) < 4.78 is 18.4. The van der Waals surface area contributed by atoms with Crippen LogP contribution in [0.2, 0.25) is 0 Å². The Hall–Kier alpha value is -1.58. The molecule has 3 nitrogen and oxygen atoms in total. The molecule has 1 saturated heterocycles. The van der Waals surface area contributed by atoms with Gasteiger partial charge in [0.15, 0.2) is 11.6 Å². The molecule has 1 atom stereocenters. The highest BCUT2D eigenvalue weighted by molar-refractivity contribution is 5.79. The zero-order valence-corrected chi connectivity index (χ0v) is 10.5. The molecule has 0 radical (unpaired) electrons. The first-order chi connectivity index (χ1) is 8.70. The normalized spacial score (nSPS) is 20.1. The van der Waals surface area contributed by atoms with Gasteiger partial charge < -0.3 is 10.1 Å². The second kappa shape index (κ2) is 5.85. The van der Waals surface area contributed by atoms with Crippen LogP contribution in [0.1, 0.15) is 24.8 Å². The smallest absolute Gasteiger partial charge is 0.223 e. The number of halogens is 1. The van der Waals surface area contributed by atoms with Gasteiger partial charge in [0.25, 0.3) is 0 Å². The van der Waals surface area contributed by atoms with E-state index in [1.807, 2.05) is 6.07 Å². The fourth-order valence-corrected chi connectivity index (χ4v) is 2.32. The molecule has 1 aromatic carbocycles. The fourth-order valence-electron chi connectivity index (χ4n) is 2.32. The van der Waals surface area contributed by atoms with E-state index in [1.165, 1.54) is 13.2 Å². The summed E-state index contributed by atoms with van der Waals surface area (Å²) in [6, 6.07) is 4.89. The van der Waals surface area contributed by atoms with Gasteiger partial charge >= 0.3 is 0 Å². The molecule has 18 heavy (non-hydrogen) atoms. The van der Waals surface area contributed by atoms with Crippen LogP contribution in [0, 0.1) is 11.7 Å². The molecule has 98 valence electrons. The molecule has 0 bridgehead atoms. The number of carbonyl (C=O) groups excluding carboxylic acids is 1. The number of amides is 1. The Kier molecular flexibility index (Phi) is 4.18. The lowest BCUT2D eigenvalue weighted by Crippen LogP contribution is -2.30. The Bertz CT molecular complexity index is 434. The third kappa shape index (κ3) is 3.00. The summed E-state index contributed by atoms with van der Waals surface area (Å²) in [6.45, 7) is 0.756. The van der Waals surface area contributed by atoms with E-state index in [0.717, 1.165) is 31.4 Å². The Morgan fingerprint density at radius 3 is 3.00 bits per heavy atom. The van der Waals surface area contributed by atoms with Gasteiger partial charge in [0.05, 0.1) is 7.11 Å². The van der Waals surface area contributed by atoms with Crippen molar-refractivity contribution < 1.29 is 13.9 Å². The number of ether oxygens (including phenoxy) is 1. The van der Waals surface area contributed by atoms with E-state index < -0.39 is 0 Å². The lowest BCUT2D eigenvalue weighted by molar-refractivity contribution is -0.124. The second-order valence-corrected chi connectivity index (χ2v) is 4.66. The number of benzene rings is 1. The van der Waals surface area contributed by atoms with Crippen molar-refractivity contribution in [2.45, 2.75) is 25.7 Å². The van der Waals surface area contributed by atoms with Crippen LogP contribution in [0.15, 0.2) is 18.2 Å². The van der Waals surface area contributed by atoms with Gasteiger partial charge in [0.1, 0.15) is 0 Å². The summed E-state index contributed by atoms with van der Waals surface area (Å²) in [6.07, 6.45) is 3.54. The zero-order chi connectivity index (χ0) is 13.0. The minimum Gasteiger partial charge on any atom is -0.494 e. The van der Waals surface area contributed by atoms with Gasteiger partial charge in [-0.3, -0.25) is 4.79 Å². The highest BCUT2D eigenvalue weighted by Crippen LogP contribution is 2.22. The minimum absolute atomic E-state index is 0.0414. The maximum atomic E-state index is 13.6. The Morgan fingerprint density at radius 2 is 2.28 bits per heavy atom. The molecule has 1 fully saturated rings. The van der Waals surface area contributed by atoms with Crippen LogP contribution < -0.4 is 10.1 Å². The van der Waals surface area contributed by atoms with Crippen LogP contribution >= 0.6 is 0 Å². The lowest BCUT2D eigenvalue weighted by Gasteiger charge is -2.13. The minimum atomic E-state index is -0.371. The Labute approximate surface area is 106 Å². The van der Waals surface area contributed by atoms with Gasteiger partial charge in [0.2, 0.25) is 5.91 Å². The molecule has 1 unspecified atom stereocenters. The van der Waals surface area contributed by atoms with Crippen molar-refractivity contribution in [2.75, 3.05) is 13.7 Å². The van der Waals surface area contributed by atoms with Crippen LogP contribution in [-0.2, 0) is 11.2 Å². The maximum Gasteiger partial charge on any atom is 0.223 e. The number of rotatable bonds is 3. The van der Waals surface area contributed by atoms with Crippen LogP contribution in [0.25, 0.3) is 0 Å². The van der Waals surface area contributed by atoms with E-state index in [1.54, 1.807) is 6.07 Å². The number of hydrogen-bond donors (Lipinski definition) is 1. The zero-order valence-electron chi connectivity index (χ0n) is 10.5. The lowest BCUT2D eigenvalue weighted by atomic mass is 9.94. The monoisotopic (exact) mass is 251 g/mol. The van der Waals surface area contributed by atoms with Crippen LogP contribution in [-0.4, -0.2) is 19.6 Å². The van der Waals surface area contributed by atoms with Crippen molar-refractivity contribution in [3.63, 3.8) is 0 Å². The molecule has 4 heteroatoms. The van der Waals surface area contributed by atoms with E-state index in [0.29, 0.717) is 6.42 Å². The molecule has 1 N–H and O–H groups in total. The second-order valence-electron chi connectivity index (χ2n) is 4.66. The van der Waals surface area contributed by atoms with E-state index >= 15 is 0 Å². The Morgan fingerprint density at radius 1 is 1.44 bits per heavy atom. The van der Waals surface area contributed by atoms with Gasteiger partial charge in [0, 0.05) is 12.5 Å². The average molecular weight is 251 g/mol. The van der Waals surface area contributed by atoms with Crippen molar-refractivity contribution >= 4 is 5.91 Å². The van der Waals surface area contributed by atoms with E-state index in [9.17, 15) is 9.18 Å². The molecule has 0 aliphatic carbocycles. The number of methoxy groups -OCH3 is 1. The molecular weight excluding hydrogens is 233 g/mol. The highest BCUT2D eigenvalue weighted by Gasteiger charge is 2.21. The van der Waals surface area contributed by atoms with Crippen molar-refractivity contribution in [3.05, 3.63) is 29.6 Å². The quantitative estimate of drug-likeness (QED) is 0.895. The molecule has 0 spiro atoms. The summed E-state index contributed by atoms with van der Waals surface area (Å²) in [5.74, 6) is -0.0860. The first-order valence-electron chi connectivity index (χ1n) is 6.31. The average Bonchev–Trinajstić information content (AvgIpc) is 2.55. The topological polar surface area (TPSA) is 38.3 Å². The molecular formula is C14H18FNO2. The van der Waals surface area contributed by atoms with Crippen molar-refractivity contribution in [2.24, 2.45) is 5.92 Å². The van der Waals surface area contributed by atoms with Crippen molar-refractivity contribution in [1.82, 2.24) is 5.32 Å². The van der Waals surface area contributed by atoms with Gasteiger partial charge in [-0.2, -0.15) is 0 Å². The van der Waals surface area contributed by atoms with E-state index in [4.69, 9.17) is 4.74 Å². The van der Waals surface area contributed by atoms with E-state index in [-0.39, 0.29) is 23.4 Å². The maximum absolute atomic E-state index is 13.6. The largest absolute Gasteiger partial charge is 0.494 e. The summed E-state index contributed by atoms with van der Waals surface area (Å²) in [5.41, 5.74) is 0.843. The molecule has 2 rings (SSSR count). The van der Waals surface area contributed by atoms with Crippen LogP contribution in [0.4, 0.5) is 4.39 Å². The number of carbonyl (C=O) groups is 1. The molecule has 1 heterocycles. The van der Waals surface area contributed by atoms with Crippen LogP contribution in [0.5, 0.6) is 5.75 Å². The van der Waals surface area contributed by atoms with Gasteiger partial charge in [-0.05, 0) is 37.0 Å². The standard InChI is InChI=1S/C14H18FNO2/c1-18-13-6-5-10(9-12(13)15)8-11-4-2-3-7-16-14(11)17/h5-6,9,11H,2-4,7-8H2,1H3,(H,16,17). The summed E-state index contributed by atoms with van der Waals surface area (Å²) in [4.78, 5) is 11.8. The summed E-state index contributed by atoms with van der Waals surface area (Å²) >= 11 is 0. The molecule has 0 saturated carbocycles.